The first-order chi connectivity index (χ1) is 33.2. The summed E-state index contributed by atoms with van der Waals surface area (Å²) in [7, 11) is -0.362. The number of rotatable bonds is 16. The molecule has 4 saturated heterocycles. The van der Waals surface area contributed by atoms with E-state index in [1.54, 1.807) is 0 Å². The van der Waals surface area contributed by atoms with Gasteiger partial charge in [0.2, 0.25) is 22.2 Å². The van der Waals surface area contributed by atoms with Gasteiger partial charge in [-0.15, -0.1) is 13.2 Å². The largest absolute Gasteiger partial charge is 0.360 e. The van der Waals surface area contributed by atoms with Crippen LogP contribution in [0.15, 0.2) is 49.6 Å². The van der Waals surface area contributed by atoms with E-state index in [9.17, 15) is 0 Å². The molecule has 4 heterocycles. The van der Waals surface area contributed by atoms with Gasteiger partial charge in [-0.05, 0) is 58.7 Å². The average molecular weight is 1160 g/mol. The molecule has 7 nitrogen and oxygen atoms in total. The number of allylic oxidation sites excluding steroid dienone is 1. The zero-order chi connectivity index (χ0) is 59.2. The van der Waals surface area contributed by atoms with Crippen LogP contribution in [0.4, 0.5) is 0 Å². The molecule has 0 aliphatic carbocycles. The van der Waals surface area contributed by atoms with E-state index in [-0.39, 0.29) is 0 Å². The predicted octanol–water partition coefficient (Wildman–Crippen LogP) is 16.1. The van der Waals surface area contributed by atoms with Gasteiger partial charge in [-0.1, -0.05) is 258 Å². The molecule has 4 unspecified atom stereocenters. The number of hydrogen-bond donors (Lipinski definition) is 3. The van der Waals surface area contributed by atoms with E-state index in [1.807, 2.05) is 6.08 Å². The molecule has 0 aromatic rings. The van der Waals surface area contributed by atoms with Crippen LogP contribution in [0.1, 0.15) is 67.2 Å². The minimum absolute atomic E-state index is 0.540. The first-order valence-corrected chi connectivity index (χ1v) is 56.9. The highest BCUT2D eigenvalue weighted by atomic mass is 28.4. The van der Waals surface area contributed by atoms with Gasteiger partial charge in [0.1, 0.15) is 73.2 Å². The van der Waals surface area contributed by atoms with Crippen LogP contribution in [-0.4, -0.2) is 157 Å². The second-order valence-corrected chi connectivity index (χ2v) is 70.3. The highest BCUT2D eigenvalue weighted by molar-refractivity contribution is 6.91. The van der Waals surface area contributed by atoms with Gasteiger partial charge >= 0.3 is 0 Å². The van der Waals surface area contributed by atoms with E-state index >= 15 is 0 Å². The van der Waals surface area contributed by atoms with Gasteiger partial charge in [0.15, 0.2) is 0 Å². The summed E-state index contributed by atoms with van der Waals surface area (Å²) in [6.07, 6.45) is 19.3. The molecule has 4 aliphatic rings. The van der Waals surface area contributed by atoms with Crippen LogP contribution < -0.4 is 15.7 Å². The fourth-order valence-electron chi connectivity index (χ4n) is 10.3. The second kappa shape index (κ2) is 39.2. The molecule has 0 bridgehead atoms. The Morgan fingerprint density at radius 2 is 1.03 bits per heavy atom. The highest BCUT2D eigenvalue weighted by Gasteiger charge is 2.37. The minimum Gasteiger partial charge on any atom is -0.360 e. The molecule has 4 atom stereocenters. The quantitative estimate of drug-likeness (QED) is 0.105. The smallest absolute Gasteiger partial charge is 0.208 e. The topological polar surface area (TPSA) is 49.1 Å². The zero-order valence-electron chi connectivity index (χ0n) is 56.0. The van der Waals surface area contributed by atoms with Crippen molar-refractivity contribution in [2.24, 2.45) is 5.92 Å². The van der Waals surface area contributed by atoms with Crippen molar-refractivity contribution in [3.05, 3.63) is 49.6 Å². The van der Waals surface area contributed by atoms with Crippen LogP contribution in [0.3, 0.4) is 0 Å². The third kappa shape index (κ3) is 44.4. The van der Waals surface area contributed by atoms with Crippen molar-refractivity contribution < 1.29 is 0 Å². The van der Waals surface area contributed by atoms with Gasteiger partial charge in [-0.25, -0.2) is 0 Å². The molecule has 0 amide bonds. The summed E-state index contributed by atoms with van der Waals surface area (Å²) < 4.78 is 11.0. The Labute approximate surface area is 480 Å². The van der Waals surface area contributed by atoms with Crippen LogP contribution in [-0.2, 0) is 0 Å². The molecule has 0 saturated carbocycles. The van der Waals surface area contributed by atoms with Crippen LogP contribution in [0.25, 0.3) is 0 Å². The van der Waals surface area contributed by atoms with Gasteiger partial charge in [-0.2, -0.15) is 0 Å². The summed E-state index contributed by atoms with van der Waals surface area (Å²) in [5.74, 6) is 1.69. The lowest BCUT2D eigenvalue weighted by Crippen LogP contribution is -2.62. The first kappa shape index (κ1) is 81.1. The van der Waals surface area contributed by atoms with Crippen LogP contribution >= 0.6 is 0 Å². The molecule has 4 radical (unpaired) electrons. The van der Waals surface area contributed by atoms with Crippen molar-refractivity contribution in [2.75, 3.05) is 32.7 Å². The molecule has 4 aliphatic heterocycles. The van der Waals surface area contributed by atoms with Gasteiger partial charge in [0.05, 0.1) is 0 Å². The Bertz CT molecular complexity index is 1360. The van der Waals surface area contributed by atoms with E-state index in [1.165, 1.54) is 69.6 Å². The number of hydrogen-bond acceptors (Lipinski definition) is 7. The van der Waals surface area contributed by atoms with E-state index in [0.29, 0.717) is 6.04 Å². The Morgan fingerprint density at radius 1 is 0.595 bits per heavy atom. The Hall–Kier alpha value is 0.675. The fraction of sp³-hybridized carbons (Fsp3) is 0.855. The maximum Gasteiger partial charge on any atom is 0.208 e. The average Bonchev–Trinajstić information content (AvgIpc) is 4.06. The Kier molecular flexibility index (Phi) is 43.0. The van der Waals surface area contributed by atoms with Crippen molar-refractivity contribution in [2.45, 2.75) is 268 Å². The molecule has 3 N–H and O–H groups in total. The van der Waals surface area contributed by atoms with Crippen molar-refractivity contribution >= 4 is 95.4 Å². The molecule has 0 aromatic heterocycles. The van der Waals surface area contributed by atoms with Crippen molar-refractivity contribution in [3.63, 3.8) is 0 Å². The minimum atomic E-state index is -1.18. The summed E-state index contributed by atoms with van der Waals surface area (Å²) in [6, 6.07) is 1.28. The van der Waals surface area contributed by atoms with Crippen LogP contribution in [0, 0.1) is 5.92 Å². The monoisotopic (exact) mass is 1160 g/mol. The van der Waals surface area contributed by atoms with Crippen molar-refractivity contribution in [1.29, 1.82) is 0 Å². The highest BCUT2D eigenvalue weighted by Crippen LogP contribution is 2.24. The van der Waals surface area contributed by atoms with Gasteiger partial charge < -0.3 is 32.6 Å². The Balaban J connectivity index is -0.000000387. The number of nitrogens with zero attached hydrogens (tertiary/aromatic N) is 4. The van der Waals surface area contributed by atoms with E-state index in [4.69, 9.17) is 0 Å². The molecule has 74 heavy (non-hydrogen) atoms. The van der Waals surface area contributed by atoms with Gasteiger partial charge in [0, 0.05) is 25.7 Å². The third-order valence-corrected chi connectivity index (χ3v) is 43.4. The van der Waals surface area contributed by atoms with E-state index in [0.717, 1.165) is 37.4 Å². The van der Waals surface area contributed by atoms with E-state index < -0.39 is 65.9 Å². The molecule has 19 heteroatoms. The standard InChI is InChI=1S/3C10H25NSi2.C9H23NSi2.3C4H9BN.C4H8B/c1-10(2)9-11(12(3,4)5)13(6,7)8;1-9-10(2)11(12(3,4)5)13(6,7)8;1-8-9-10-11(12(2,3)4)13(5,6)7;1-8-9-10(11(2,3)4)12(5,6)7;1-4-2-5-6-3-4;1-4-2-3-6-5-4;1-4-2-3-5-6-4;1-2-4-5-3-1/h1,9H2,2-8H3;9-10H,1H2,2-8H3;8-9H,10H2,1-7H3;8H,1,9H2,2-7H3;3*4,6H,2-3H2,1H3;1-4H2. The van der Waals surface area contributed by atoms with Gasteiger partial charge in [0.25, 0.3) is 0 Å². The lowest BCUT2D eigenvalue weighted by Gasteiger charge is -2.46. The van der Waals surface area contributed by atoms with E-state index in [2.05, 4.69) is 299 Å². The maximum absolute atomic E-state index is 4.02. The molecular formula is C55H133B4N7Si8. The number of nitrogens with one attached hydrogen (secondary N) is 3. The maximum atomic E-state index is 4.02. The molecule has 4 fully saturated rings. The van der Waals surface area contributed by atoms with Gasteiger partial charge in [-0.3, -0.25) is 0 Å². The second-order valence-electron chi connectivity index (χ2n) is 29.6. The predicted molar refractivity (Wildman–Crippen MR) is 376 cm³/mol. The summed E-state index contributed by atoms with van der Waals surface area (Å²) >= 11 is 0. The molecule has 0 aromatic carbocycles. The SMILES string of the molecule is C=C(C)CN([Si](C)(C)C)[Si](C)(C)C.C=CC(C)N([Si](C)(C)C)[Si](C)(C)C.C=CCN([Si](C)(C)C)[Si](C)(C)C.CC1CC[B]N1.CC1C[B]NC1.CC1[B]NCC1.CC=CCN([Si](C)(C)C)[Si](C)(C)C.[B]1CCCC1. The third-order valence-electron chi connectivity index (χ3n) is 12.8. The summed E-state index contributed by atoms with van der Waals surface area (Å²) in [5, 5.41) is 9.49. The summed E-state index contributed by atoms with van der Waals surface area (Å²) in [6.45, 7) is 88.8. The van der Waals surface area contributed by atoms with Crippen molar-refractivity contribution in [1.82, 2.24) is 32.6 Å². The first-order valence-electron chi connectivity index (χ1n) is 29.4. The summed E-state index contributed by atoms with van der Waals surface area (Å²) in [5.41, 5.74) is 1.30. The molecular weight excluding hydrogens is 1030 g/mol. The fourth-order valence-corrected chi connectivity index (χ4v) is 49.3. The molecule has 4 rings (SSSR count). The van der Waals surface area contributed by atoms with Crippen LogP contribution in [0.2, 0.25) is 188 Å². The molecule has 0 spiro atoms. The van der Waals surface area contributed by atoms with Crippen molar-refractivity contribution in [3.8, 4) is 0 Å². The lowest BCUT2D eigenvalue weighted by molar-refractivity contribution is 0.552. The molecule has 432 valence electrons. The Morgan fingerprint density at radius 3 is 1.16 bits per heavy atom. The normalized spacial score (nSPS) is 19.5. The lowest BCUT2D eigenvalue weighted by atomic mass is 9.77. The van der Waals surface area contributed by atoms with Crippen LogP contribution in [0.5, 0.6) is 0 Å². The summed E-state index contributed by atoms with van der Waals surface area (Å²) in [4.78, 5) is 0. The zero-order valence-corrected chi connectivity index (χ0v) is 64.0.